The summed E-state index contributed by atoms with van der Waals surface area (Å²) in [7, 11) is 0. The summed E-state index contributed by atoms with van der Waals surface area (Å²) in [4.78, 5) is 0. The summed E-state index contributed by atoms with van der Waals surface area (Å²) in [5, 5.41) is 0. The van der Waals surface area contributed by atoms with E-state index in [-0.39, 0.29) is 0 Å². The van der Waals surface area contributed by atoms with Gasteiger partial charge in [0.25, 0.3) is 0 Å². The summed E-state index contributed by atoms with van der Waals surface area (Å²) in [5.41, 5.74) is 2.02. The molecular formula is C9H12. The Bertz CT molecular complexity index is 180. The second-order valence-electron chi connectivity index (χ2n) is 4.79. The van der Waals surface area contributed by atoms with Crippen molar-refractivity contribution >= 4 is 0 Å². The molecule has 48 valence electrons. The third-order valence-electron chi connectivity index (χ3n) is 4.95. The number of fused-ring (bicyclic) bond motifs is 1. The van der Waals surface area contributed by atoms with Crippen molar-refractivity contribution in [2.24, 2.45) is 22.7 Å². The maximum absolute atomic E-state index is 1.66. The Labute approximate surface area is 55.6 Å². The molecule has 4 atom stereocenters. The first-order valence-corrected chi connectivity index (χ1v) is 4.39. The van der Waals surface area contributed by atoms with Crippen molar-refractivity contribution in [1.82, 2.24) is 0 Å². The average Bonchev–Trinajstić information content (AvgIpc) is 2.71. The Balaban J connectivity index is 1.97. The number of rotatable bonds is 0. The molecular weight excluding hydrogens is 108 g/mol. The van der Waals surface area contributed by atoms with Crippen molar-refractivity contribution in [2.45, 2.75) is 32.1 Å². The minimum atomic E-state index is 1.01. The van der Waals surface area contributed by atoms with E-state index in [1.54, 1.807) is 32.1 Å². The molecule has 0 aliphatic heterocycles. The minimum absolute atomic E-state index is 1.01. The van der Waals surface area contributed by atoms with Crippen molar-refractivity contribution in [1.29, 1.82) is 0 Å². The van der Waals surface area contributed by atoms with E-state index in [2.05, 4.69) is 0 Å². The molecule has 4 aliphatic rings. The lowest BCUT2D eigenvalue weighted by Gasteiger charge is -2.27. The Morgan fingerprint density at radius 3 is 2.22 bits per heavy atom. The first-order valence-electron chi connectivity index (χ1n) is 4.39. The van der Waals surface area contributed by atoms with Gasteiger partial charge in [0.15, 0.2) is 0 Å². The summed E-state index contributed by atoms with van der Waals surface area (Å²) in [6, 6.07) is 0. The molecule has 4 unspecified atom stereocenters. The first-order chi connectivity index (χ1) is 4.39. The highest BCUT2D eigenvalue weighted by atomic mass is 14.9. The van der Waals surface area contributed by atoms with Crippen LogP contribution in [-0.4, -0.2) is 0 Å². The van der Waals surface area contributed by atoms with Crippen LogP contribution in [0.2, 0.25) is 0 Å². The molecule has 9 heavy (non-hydrogen) atoms. The zero-order chi connectivity index (χ0) is 5.69. The Morgan fingerprint density at radius 1 is 1.00 bits per heavy atom. The van der Waals surface area contributed by atoms with Gasteiger partial charge in [0.1, 0.15) is 0 Å². The highest BCUT2D eigenvalue weighted by Crippen LogP contribution is 2.98. The van der Waals surface area contributed by atoms with Crippen molar-refractivity contribution in [3.8, 4) is 0 Å². The molecule has 4 rings (SSSR count). The van der Waals surface area contributed by atoms with E-state index in [4.69, 9.17) is 0 Å². The molecule has 0 heteroatoms. The fourth-order valence-corrected chi connectivity index (χ4v) is 4.60. The molecule has 0 heterocycles. The summed E-state index contributed by atoms with van der Waals surface area (Å²) < 4.78 is 0. The molecule has 0 bridgehead atoms. The van der Waals surface area contributed by atoms with Crippen LogP contribution in [0.3, 0.4) is 0 Å². The first kappa shape index (κ1) is 4.00. The lowest BCUT2D eigenvalue weighted by molar-refractivity contribution is 0.195. The van der Waals surface area contributed by atoms with E-state index >= 15 is 0 Å². The van der Waals surface area contributed by atoms with Gasteiger partial charge >= 0.3 is 0 Å². The molecule has 0 nitrogen and oxygen atoms in total. The maximum atomic E-state index is 1.66. The van der Waals surface area contributed by atoms with Gasteiger partial charge in [-0.25, -0.2) is 0 Å². The van der Waals surface area contributed by atoms with Crippen LogP contribution in [0.4, 0.5) is 0 Å². The summed E-state index contributed by atoms with van der Waals surface area (Å²) in [6.07, 6.45) is 8.12. The van der Waals surface area contributed by atoms with E-state index in [9.17, 15) is 0 Å². The van der Waals surface area contributed by atoms with E-state index in [0.717, 1.165) is 10.8 Å². The predicted molar refractivity (Wildman–Crippen MR) is 34.9 cm³/mol. The van der Waals surface area contributed by atoms with E-state index in [1.807, 2.05) is 0 Å². The van der Waals surface area contributed by atoms with Gasteiger partial charge in [-0.1, -0.05) is 6.42 Å². The number of hydrogen-bond acceptors (Lipinski definition) is 0. The Hall–Kier alpha value is 0. The van der Waals surface area contributed by atoms with Crippen molar-refractivity contribution in [3.05, 3.63) is 0 Å². The summed E-state index contributed by atoms with van der Waals surface area (Å²) in [6.45, 7) is 0. The summed E-state index contributed by atoms with van der Waals surface area (Å²) >= 11 is 0. The van der Waals surface area contributed by atoms with E-state index in [1.165, 1.54) is 11.8 Å². The molecule has 0 spiro atoms. The van der Waals surface area contributed by atoms with Crippen LogP contribution in [0, 0.1) is 22.7 Å². The average molecular weight is 120 g/mol. The molecule has 4 aliphatic carbocycles. The SMILES string of the molecule is C1CC23CC2(C1)C1CC13. The van der Waals surface area contributed by atoms with Gasteiger partial charge in [0.05, 0.1) is 0 Å². The van der Waals surface area contributed by atoms with Crippen molar-refractivity contribution in [3.63, 3.8) is 0 Å². The second kappa shape index (κ2) is 0.741. The van der Waals surface area contributed by atoms with Crippen LogP contribution in [-0.2, 0) is 0 Å². The third kappa shape index (κ3) is 0.189. The van der Waals surface area contributed by atoms with Gasteiger partial charge in [-0.3, -0.25) is 0 Å². The normalized spacial score (nSPS) is 80.0. The smallest absolute Gasteiger partial charge is 0.0201 e. The van der Waals surface area contributed by atoms with Crippen molar-refractivity contribution < 1.29 is 0 Å². The molecule has 0 N–H and O–H groups in total. The van der Waals surface area contributed by atoms with Gasteiger partial charge < -0.3 is 0 Å². The number of hydrogen-bond donors (Lipinski definition) is 0. The highest BCUT2D eigenvalue weighted by molar-refractivity contribution is 5.39. The standard InChI is InChI=1S/C9H12/c1-2-8-5-9(8,3-1)7-4-6(7)8/h6-7H,1-5H2. The second-order valence-corrected chi connectivity index (χ2v) is 4.79. The van der Waals surface area contributed by atoms with Crippen LogP contribution in [0.25, 0.3) is 0 Å². The van der Waals surface area contributed by atoms with Crippen molar-refractivity contribution in [2.75, 3.05) is 0 Å². The van der Waals surface area contributed by atoms with Crippen LogP contribution in [0.5, 0.6) is 0 Å². The molecule has 4 saturated carbocycles. The molecule has 0 saturated heterocycles. The fraction of sp³-hybridized carbons (Fsp3) is 1.00. The quantitative estimate of drug-likeness (QED) is 0.459. The molecule has 0 aromatic carbocycles. The zero-order valence-electron chi connectivity index (χ0n) is 5.69. The molecule has 0 aromatic rings. The predicted octanol–water partition coefficient (Wildman–Crippen LogP) is 2.20. The fourth-order valence-electron chi connectivity index (χ4n) is 4.60. The van der Waals surface area contributed by atoms with Crippen LogP contribution in [0.1, 0.15) is 32.1 Å². The van der Waals surface area contributed by atoms with Gasteiger partial charge in [0, 0.05) is 0 Å². The Morgan fingerprint density at radius 2 is 1.67 bits per heavy atom. The van der Waals surface area contributed by atoms with Gasteiger partial charge in [-0.2, -0.15) is 0 Å². The topological polar surface area (TPSA) is 0 Å². The largest absolute Gasteiger partial charge is 0.0522 e. The zero-order valence-corrected chi connectivity index (χ0v) is 5.69. The molecule has 0 aromatic heterocycles. The highest BCUT2D eigenvalue weighted by Gasteiger charge is 2.90. The van der Waals surface area contributed by atoms with Crippen LogP contribution < -0.4 is 0 Å². The summed E-state index contributed by atoms with van der Waals surface area (Å²) in [5.74, 6) is 2.53. The molecule has 0 radical (unpaired) electrons. The Kier molecular flexibility index (Phi) is 0.329. The van der Waals surface area contributed by atoms with Crippen LogP contribution in [0.15, 0.2) is 0 Å². The van der Waals surface area contributed by atoms with E-state index < -0.39 is 0 Å². The van der Waals surface area contributed by atoms with E-state index in [0.29, 0.717) is 0 Å². The monoisotopic (exact) mass is 120 g/mol. The van der Waals surface area contributed by atoms with Crippen LogP contribution >= 0.6 is 0 Å². The minimum Gasteiger partial charge on any atom is -0.0522 e. The van der Waals surface area contributed by atoms with Gasteiger partial charge in [0.2, 0.25) is 0 Å². The molecule has 4 fully saturated rings. The lowest BCUT2D eigenvalue weighted by Crippen LogP contribution is -2.23. The lowest BCUT2D eigenvalue weighted by atomic mass is 9.77. The third-order valence-corrected chi connectivity index (χ3v) is 4.95. The maximum Gasteiger partial charge on any atom is -0.0201 e. The van der Waals surface area contributed by atoms with Gasteiger partial charge in [-0.05, 0) is 48.3 Å². The molecule has 0 amide bonds. The van der Waals surface area contributed by atoms with Gasteiger partial charge in [-0.15, -0.1) is 0 Å².